The number of rotatable bonds is 5. The molecule has 0 spiro atoms. The summed E-state index contributed by atoms with van der Waals surface area (Å²) in [4.78, 5) is 14.7. The maximum atomic E-state index is 13.2. The Morgan fingerprint density at radius 3 is 2.54 bits per heavy atom. The lowest BCUT2D eigenvalue weighted by atomic mass is 10.0. The van der Waals surface area contributed by atoms with Gasteiger partial charge in [-0.05, 0) is 35.2 Å². The van der Waals surface area contributed by atoms with Gasteiger partial charge in [0.05, 0.1) is 11.4 Å². The third kappa shape index (κ3) is 3.60. The molecule has 0 atom stereocenters. The Balaban J connectivity index is 1.67. The van der Waals surface area contributed by atoms with Crippen LogP contribution in [-0.2, 0) is 6.42 Å². The van der Waals surface area contributed by atoms with Crippen LogP contribution in [0.15, 0.2) is 47.0 Å². The summed E-state index contributed by atoms with van der Waals surface area (Å²) in [7, 11) is 0. The Kier molecular flexibility index (Phi) is 4.57. The number of carbonyl (C=O) groups excluding carboxylic acids is 1. The van der Waals surface area contributed by atoms with Gasteiger partial charge in [0, 0.05) is 0 Å². The van der Waals surface area contributed by atoms with Crippen LogP contribution in [0.25, 0.3) is 11.1 Å². The first-order valence-corrected chi connectivity index (χ1v) is 7.42. The molecule has 1 amide bonds. The van der Waals surface area contributed by atoms with Gasteiger partial charge in [0.2, 0.25) is 5.89 Å². The molecular weight excluding hydrogens is 333 g/mol. The summed E-state index contributed by atoms with van der Waals surface area (Å²) in [6.07, 6.45) is 2.24. The van der Waals surface area contributed by atoms with E-state index in [9.17, 15) is 9.18 Å². The molecule has 3 rings (SSSR count). The molecule has 24 heavy (non-hydrogen) atoms. The maximum Gasteiger partial charge on any atom is 0.290 e. The topological polar surface area (TPSA) is 82.0 Å². The molecule has 0 saturated carbocycles. The van der Waals surface area contributed by atoms with Crippen LogP contribution in [0, 0.1) is 12.2 Å². The molecule has 1 heterocycles. The fraction of sp³-hybridized carbons (Fsp3) is 0.0588. The first-order valence-electron chi connectivity index (χ1n) is 7.04. The molecule has 0 aliphatic carbocycles. The van der Waals surface area contributed by atoms with Gasteiger partial charge in [-0.2, -0.15) is 4.98 Å². The lowest BCUT2D eigenvalue weighted by molar-refractivity contribution is 0.0987. The van der Waals surface area contributed by atoms with Crippen molar-refractivity contribution in [3.05, 3.63) is 77.0 Å². The van der Waals surface area contributed by atoms with Crippen molar-refractivity contribution < 1.29 is 13.7 Å². The van der Waals surface area contributed by atoms with Gasteiger partial charge in [-0.15, -0.1) is 0 Å². The van der Waals surface area contributed by atoms with Crippen LogP contribution in [0.5, 0.6) is 0 Å². The molecule has 0 saturated heterocycles. The van der Waals surface area contributed by atoms with E-state index in [-0.39, 0.29) is 16.7 Å². The van der Waals surface area contributed by atoms with Crippen molar-refractivity contribution >= 4 is 17.5 Å². The fourth-order valence-corrected chi connectivity index (χ4v) is 2.31. The van der Waals surface area contributed by atoms with E-state index in [4.69, 9.17) is 21.9 Å². The van der Waals surface area contributed by atoms with Crippen molar-refractivity contribution in [3.63, 3.8) is 0 Å². The highest BCUT2D eigenvalue weighted by molar-refractivity contribution is 6.31. The third-order valence-electron chi connectivity index (χ3n) is 3.38. The van der Waals surface area contributed by atoms with Gasteiger partial charge >= 0.3 is 0 Å². The highest BCUT2D eigenvalue weighted by atomic mass is 35.5. The Bertz CT molecular complexity index is 878. The van der Waals surface area contributed by atoms with Gasteiger partial charge in [-0.25, -0.2) is 4.39 Å². The van der Waals surface area contributed by atoms with Gasteiger partial charge in [0.1, 0.15) is 5.82 Å². The van der Waals surface area contributed by atoms with Gasteiger partial charge in [-0.3, -0.25) is 4.79 Å². The summed E-state index contributed by atoms with van der Waals surface area (Å²) in [6.45, 7) is 0. The van der Waals surface area contributed by atoms with Crippen LogP contribution in [0.2, 0.25) is 5.02 Å². The summed E-state index contributed by atoms with van der Waals surface area (Å²) in [6, 6.07) is 12.3. The van der Waals surface area contributed by atoms with Crippen LogP contribution < -0.4 is 5.73 Å². The van der Waals surface area contributed by atoms with E-state index in [1.54, 1.807) is 18.6 Å². The first-order chi connectivity index (χ1) is 11.5. The molecule has 1 radical (unpaired) electrons. The Labute approximate surface area is 142 Å². The van der Waals surface area contributed by atoms with Crippen molar-refractivity contribution in [2.45, 2.75) is 6.42 Å². The number of amides is 1. The lowest BCUT2D eigenvalue weighted by Crippen LogP contribution is -2.12. The van der Waals surface area contributed by atoms with E-state index in [0.717, 1.165) is 16.7 Å². The number of hydrogen-bond acceptors (Lipinski definition) is 4. The first kappa shape index (κ1) is 16.1. The molecule has 0 aliphatic rings. The summed E-state index contributed by atoms with van der Waals surface area (Å²) < 4.78 is 18.1. The van der Waals surface area contributed by atoms with E-state index in [1.165, 1.54) is 6.07 Å². The Hall–Kier alpha value is -2.73. The van der Waals surface area contributed by atoms with Crippen molar-refractivity contribution in [2.75, 3.05) is 0 Å². The highest BCUT2D eigenvalue weighted by Gasteiger charge is 2.11. The average molecular weight is 345 g/mol. The lowest BCUT2D eigenvalue weighted by Gasteiger charge is -2.05. The molecule has 0 aliphatic heterocycles. The minimum atomic E-state index is -0.735. The molecule has 0 unspecified atom stereocenters. The predicted octanol–water partition coefficient (Wildman–Crippen LogP) is 3.42. The molecule has 1 aromatic heterocycles. The summed E-state index contributed by atoms with van der Waals surface area (Å²) in [5.41, 5.74) is 7.82. The largest absolute Gasteiger partial charge is 0.363 e. The van der Waals surface area contributed by atoms with Gasteiger partial charge in [0.25, 0.3) is 11.7 Å². The van der Waals surface area contributed by atoms with Crippen LogP contribution in [0.3, 0.4) is 0 Å². The number of benzene rings is 2. The molecule has 7 heteroatoms. The zero-order valence-corrected chi connectivity index (χ0v) is 13.1. The molecule has 0 bridgehead atoms. The summed E-state index contributed by atoms with van der Waals surface area (Å²) in [5, 5.41) is 3.55. The number of hydrogen-bond donors (Lipinski definition) is 1. The van der Waals surface area contributed by atoms with E-state index < -0.39 is 11.7 Å². The molecule has 5 nitrogen and oxygen atoms in total. The van der Waals surface area contributed by atoms with Crippen molar-refractivity contribution in [3.8, 4) is 11.1 Å². The molecule has 2 aromatic carbocycles. The maximum absolute atomic E-state index is 13.2. The second-order valence-electron chi connectivity index (χ2n) is 5.05. The predicted molar refractivity (Wildman–Crippen MR) is 86.8 cm³/mol. The SMILES string of the molecule is NC(=O)c1noc([CH]Cc2ccc(-c3ccc(F)c(Cl)c3)cc2)n1. The van der Waals surface area contributed by atoms with E-state index in [0.29, 0.717) is 6.42 Å². The number of halogens is 2. The van der Waals surface area contributed by atoms with Gasteiger partial charge in [-0.1, -0.05) is 47.1 Å². The van der Waals surface area contributed by atoms with E-state index in [1.807, 2.05) is 24.3 Å². The monoisotopic (exact) mass is 344 g/mol. The number of aromatic nitrogens is 2. The zero-order valence-electron chi connectivity index (χ0n) is 12.4. The normalized spacial score (nSPS) is 10.8. The summed E-state index contributed by atoms with van der Waals surface area (Å²) in [5.74, 6) is -1.09. The Morgan fingerprint density at radius 1 is 1.21 bits per heavy atom. The van der Waals surface area contributed by atoms with Crippen LogP contribution in [0.1, 0.15) is 22.1 Å². The quantitative estimate of drug-likeness (QED) is 0.768. The molecule has 3 aromatic rings. The minimum Gasteiger partial charge on any atom is -0.363 e. The zero-order chi connectivity index (χ0) is 17.1. The fourth-order valence-electron chi connectivity index (χ4n) is 2.13. The van der Waals surface area contributed by atoms with Crippen LogP contribution in [0.4, 0.5) is 4.39 Å². The number of primary amides is 1. The van der Waals surface area contributed by atoms with E-state index in [2.05, 4.69) is 10.1 Å². The van der Waals surface area contributed by atoms with Crippen LogP contribution >= 0.6 is 11.6 Å². The molecule has 121 valence electrons. The number of nitrogens with two attached hydrogens (primary N) is 1. The second kappa shape index (κ2) is 6.80. The smallest absolute Gasteiger partial charge is 0.290 e. The number of nitrogens with zero attached hydrogens (tertiary/aromatic N) is 2. The summed E-state index contributed by atoms with van der Waals surface area (Å²) >= 11 is 5.80. The minimum absolute atomic E-state index is 0.0894. The number of carbonyl (C=O) groups is 1. The highest BCUT2D eigenvalue weighted by Crippen LogP contribution is 2.25. The van der Waals surface area contributed by atoms with Crippen molar-refractivity contribution in [1.29, 1.82) is 0 Å². The molecule has 2 N–H and O–H groups in total. The Morgan fingerprint density at radius 2 is 1.92 bits per heavy atom. The second-order valence-corrected chi connectivity index (χ2v) is 5.46. The standard InChI is InChI=1S/C17H12ClFN3O2/c18-13-9-12(6-7-14(13)19)11-4-1-10(2-5-11)3-8-15-21-17(16(20)23)22-24-15/h1-2,4-9H,3H2,(H2,20,23). The van der Waals surface area contributed by atoms with Gasteiger partial charge < -0.3 is 10.3 Å². The third-order valence-corrected chi connectivity index (χ3v) is 3.67. The van der Waals surface area contributed by atoms with E-state index >= 15 is 0 Å². The average Bonchev–Trinajstić information content (AvgIpc) is 3.05. The van der Waals surface area contributed by atoms with Crippen LogP contribution in [-0.4, -0.2) is 16.0 Å². The van der Waals surface area contributed by atoms with Gasteiger partial charge in [0.15, 0.2) is 0 Å². The molecular formula is C17H12ClFN3O2. The van der Waals surface area contributed by atoms with Crippen molar-refractivity contribution in [1.82, 2.24) is 10.1 Å². The molecule has 0 fully saturated rings. The van der Waals surface area contributed by atoms with Crippen molar-refractivity contribution in [2.24, 2.45) is 5.73 Å².